The third-order valence-electron chi connectivity index (χ3n) is 22.8. The molecule has 0 bridgehead atoms. The Hall–Kier alpha value is -15.4. The van der Waals surface area contributed by atoms with Gasteiger partial charge in [-0.1, -0.05) is 41.5 Å². The number of H-pyrrole nitrogens is 1. The van der Waals surface area contributed by atoms with Gasteiger partial charge >= 0.3 is 36.6 Å². The highest BCUT2D eigenvalue weighted by atomic mass is 32.1. The van der Waals surface area contributed by atoms with Crippen molar-refractivity contribution in [1.29, 1.82) is 0 Å². The monoisotopic (exact) mass is 1820 g/mol. The average Bonchev–Trinajstić information content (AvgIpc) is 1.52. The standard InChI is InChI=1S/3C17H15FN4O2.C15H14FNO3.C15H14FNO2S.C14H14FN3O2/c1-2-13-9-22(17(23)24-13)12-4-5-14(15(18)7-12)11-3-6-16-20-19-10-21(16)8-11;1-2-13-9-21(17(23)24-13)12-4-5-14(15(18)7-12)11-3-6-16-19-10-20-22(16)8-11;1-2-13-9-21(17(23)24-13)12-3-4-14(15(18)8-12)11-5-6-22-16(7-11)19-10-20-22;1-2-12-8-17(15(18)20-12)11-3-4-13(14(16)7-11)10-5-6-19-9-10;1-2-12-8-17(15(18)19-12)11-3-4-13(14(16)7-11)10-5-6-20-9-10;1-2-10-8-18(14(19)20-10)9-3-4-11(12(15)7-9)13-5-6-16-17-13/h3*3-8,10,13H,2,9H2,1H3;2*3-7,9,12H,2,8H2,1H3;3-7,10H,2,8H2,1H3,(H,16,17). The van der Waals surface area contributed by atoms with Gasteiger partial charge in [-0.25, -0.2) is 74.1 Å². The third-order valence-corrected chi connectivity index (χ3v) is 23.5. The van der Waals surface area contributed by atoms with Crippen molar-refractivity contribution in [3.05, 3.63) is 266 Å². The molecule has 9 aromatic heterocycles. The van der Waals surface area contributed by atoms with Crippen LogP contribution in [-0.2, 0) is 28.4 Å². The van der Waals surface area contributed by atoms with Crippen LogP contribution in [-0.4, -0.2) is 166 Å². The summed E-state index contributed by atoms with van der Waals surface area (Å²) in [6.07, 6.45) is 15.3. The van der Waals surface area contributed by atoms with Crippen LogP contribution in [0.4, 0.5) is 89.2 Å². The maximum atomic E-state index is 14.6. The number of thiophene rings is 1. The Morgan fingerprint density at radius 2 is 0.742 bits per heavy atom. The second-order valence-corrected chi connectivity index (χ2v) is 31.9. The number of ether oxygens (including phenoxy) is 6. The van der Waals surface area contributed by atoms with Crippen molar-refractivity contribution in [2.45, 2.75) is 117 Å². The molecule has 0 aliphatic carbocycles. The number of nitrogens with zero attached hydrogens (tertiary/aromatic N) is 16. The molecule has 0 saturated carbocycles. The minimum atomic E-state index is -0.432. The molecule has 6 unspecified atom stereocenters. The first-order valence-electron chi connectivity index (χ1n) is 42.6. The summed E-state index contributed by atoms with van der Waals surface area (Å²) in [5.41, 5.74) is 12.1. The van der Waals surface area contributed by atoms with E-state index in [4.69, 9.17) is 32.8 Å². The number of fused-ring (bicyclic) bond motifs is 3. The summed E-state index contributed by atoms with van der Waals surface area (Å²) in [5, 5.41) is 26.1. The molecule has 0 spiro atoms. The van der Waals surface area contributed by atoms with Crippen LogP contribution in [0.3, 0.4) is 0 Å². The summed E-state index contributed by atoms with van der Waals surface area (Å²) in [6.45, 7) is 14.4. The number of benzene rings is 6. The second kappa shape index (κ2) is 40.1. The van der Waals surface area contributed by atoms with Gasteiger partial charge < -0.3 is 32.8 Å². The first-order chi connectivity index (χ1) is 64.0. The number of carbonyl (C=O) groups excluding carboxylic acids is 6. The van der Waals surface area contributed by atoms with E-state index in [0.717, 1.165) is 44.1 Å². The Kier molecular flexibility index (Phi) is 27.3. The van der Waals surface area contributed by atoms with Gasteiger partial charge in [-0.05, 0) is 224 Å². The fourth-order valence-electron chi connectivity index (χ4n) is 15.3. The molecule has 6 fully saturated rings. The van der Waals surface area contributed by atoms with Gasteiger partial charge in [-0.15, -0.1) is 10.2 Å². The van der Waals surface area contributed by atoms with E-state index in [1.165, 1.54) is 102 Å². The summed E-state index contributed by atoms with van der Waals surface area (Å²) in [6, 6.07) is 44.4. The van der Waals surface area contributed by atoms with Crippen LogP contribution >= 0.6 is 11.3 Å². The summed E-state index contributed by atoms with van der Waals surface area (Å²) in [5.74, 6) is -2.32. The number of rotatable bonds is 18. The maximum Gasteiger partial charge on any atom is 0.414 e. The van der Waals surface area contributed by atoms with Gasteiger partial charge in [0.25, 0.3) is 0 Å². The zero-order valence-corrected chi connectivity index (χ0v) is 72.8. The van der Waals surface area contributed by atoms with Crippen LogP contribution in [0, 0.1) is 34.9 Å². The molecule has 30 nitrogen and oxygen atoms in total. The third kappa shape index (κ3) is 19.9. The SMILES string of the molecule is CCC1CN(c2ccc(-c3ccc4ncnn4c3)c(F)c2)C(=O)O1.CCC1CN(c2ccc(-c3ccc4nncn4c3)c(F)c2)C(=O)O1.CCC1CN(c2ccc(-c3ccn4ncnc4c3)c(F)c2)C(=O)O1.CCC1CN(c2ccc(-c3ccn[nH]3)c(F)c2)C(=O)O1.CCC1CN(c2ccc(-c3ccoc3)c(F)c2)C(=O)O1.CCC1CN(c2ccc(-c3ccsc3)c(F)c2)C(=O)O1. The van der Waals surface area contributed by atoms with Crippen LogP contribution in [0.5, 0.6) is 0 Å². The van der Waals surface area contributed by atoms with Gasteiger partial charge in [0.1, 0.15) is 90.5 Å². The van der Waals surface area contributed by atoms with Crippen molar-refractivity contribution in [3.8, 4) is 66.9 Å². The average molecular weight is 1820 g/mol. The summed E-state index contributed by atoms with van der Waals surface area (Å²) in [7, 11) is 0. The van der Waals surface area contributed by atoms with E-state index < -0.39 is 65.6 Å². The number of aromatic amines is 1. The van der Waals surface area contributed by atoms with Gasteiger partial charge in [-0.2, -0.15) is 26.6 Å². The first kappa shape index (κ1) is 89.9. The van der Waals surface area contributed by atoms with Gasteiger partial charge in [0.2, 0.25) is 0 Å². The quantitative estimate of drug-likeness (QED) is 0.0616. The summed E-state index contributed by atoms with van der Waals surface area (Å²) >= 11 is 1.53. The second-order valence-electron chi connectivity index (χ2n) is 31.1. The zero-order valence-electron chi connectivity index (χ0n) is 72.0. The molecule has 6 amide bonds. The van der Waals surface area contributed by atoms with E-state index in [1.807, 2.05) is 58.4 Å². The van der Waals surface area contributed by atoms with Crippen molar-refractivity contribution >= 4 is 99.0 Å². The molecule has 6 aliphatic heterocycles. The van der Waals surface area contributed by atoms with Gasteiger partial charge in [0.15, 0.2) is 16.9 Å². The van der Waals surface area contributed by atoms with Gasteiger partial charge in [-0.3, -0.25) is 38.9 Å². The number of cyclic esters (lactones) is 6. The van der Waals surface area contributed by atoms with E-state index >= 15 is 0 Å². The number of nitrogens with one attached hydrogen (secondary N) is 1. The molecule has 678 valence electrons. The van der Waals surface area contributed by atoms with E-state index in [1.54, 1.807) is 166 Å². The highest BCUT2D eigenvalue weighted by Gasteiger charge is 2.38. The highest BCUT2D eigenvalue weighted by molar-refractivity contribution is 7.08. The molecule has 15 heterocycles. The fourth-order valence-corrected chi connectivity index (χ4v) is 15.9. The molecule has 6 atom stereocenters. The normalized spacial score (nSPS) is 17.9. The van der Waals surface area contributed by atoms with Crippen LogP contribution in [0.2, 0.25) is 0 Å². The Balaban J connectivity index is 0.000000116. The number of anilines is 6. The molecule has 0 radical (unpaired) electrons. The Bertz CT molecular complexity index is 6060. The maximum absolute atomic E-state index is 14.6. The molecular formula is C95H87F6N17O13S. The number of pyridine rings is 3. The minimum Gasteiger partial charge on any atom is -0.472 e. The molecule has 15 aromatic rings. The van der Waals surface area contributed by atoms with Crippen LogP contribution in [0.1, 0.15) is 80.1 Å². The predicted molar refractivity (Wildman–Crippen MR) is 480 cm³/mol. The lowest BCUT2D eigenvalue weighted by atomic mass is 10.1. The van der Waals surface area contributed by atoms with Crippen molar-refractivity contribution in [1.82, 2.24) is 54.0 Å². The van der Waals surface area contributed by atoms with Crippen LogP contribution < -0.4 is 29.4 Å². The molecule has 21 rings (SSSR count). The number of halogens is 6. The number of furan rings is 1. The highest BCUT2D eigenvalue weighted by Crippen LogP contribution is 2.38. The number of aromatic nitrogens is 11. The molecular weight excluding hydrogens is 1730 g/mol. The van der Waals surface area contributed by atoms with Crippen LogP contribution in [0.15, 0.2) is 235 Å². The minimum absolute atomic E-state index is 0.109. The summed E-state index contributed by atoms with van der Waals surface area (Å²) in [4.78, 5) is 87.8. The zero-order chi connectivity index (χ0) is 92.4. The Labute approximate surface area is 755 Å². The van der Waals surface area contributed by atoms with Crippen molar-refractivity contribution < 1.29 is 87.9 Å². The predicted octanol–water partition coefficient (Wildman–Crippen LogP) is 20.9. The fraction of sp³-hybridized carbons (Fsp3) is 0.253. The largest absolute Gasteiger partial charge is 0.472 e. The smallest absolute Gasteiger partial charge is 0.414 e. The number of hydrogen-bond acceptors (Lipinski definition) is 21. The van der Waals surface area contributed by atoms with Crippen molar-refractivity contribution in [2.24, 2.45) is 0 Å². The van der Waals surface area contributed by atoms with Crippen molar-refractivity contribution in [2.75, 3.05) is 68.7 Å². The lowest BCUT2D eigenvalue weighted by molar-refractivity contribution is 0.138. The van der Waals surface area contributed by atoms with E-state index in [0.29, 0.717) is 152 Å². The van der Waals surface area contributed by atoms with Crippen molar-refractivity contribution in [3.63, 3.8) is 0 Å². The number of amides is 6. The lowest BCUT2D eigenvalue weighted by Gasteiger charge is -2.14. The van der Waals surface area contributed by atoms with E-state index in [2.05, 4.69) is 40.6 Å². The topological polar surface area (TPSA) is 310 Å². The Morgan fingerprint density at radius 3 is 1.11 bits per heavy atom. The number of carbonyl (C=O) groups is 6. The molecule has 6 aromatic carbocycles. The van der Waals surface area contributed by atoms with Gasteiger partial charge in [0, 0.05) is 74.9 Å². The van der Waals surface area contributed by atoms with Crippen LogP contribution in [0.25, 0.3) is 83.8 Å². The van der Waals surface area contributed by atoms with E-state index in [9.17, 15) is 55.1 Å². The molecule has 37 heteroatoms. The molecule has 1 N–H and O–H groups in total. The van der Waals surface area contributed by atoms with Gasteiger partial charge in [0.05, 0.1) is 91.6 Å². The molecule has 6 aliphatic rings. The molecule has 6 saturated heterocycles. The van der Waals surface area contributed by atoms with E-state index in [-0.39, 0.29) is 42.4 Å². The molecule has 132 heavy (non-hydrogen) atoms. The lowest BCUT2D eigenvalue weighted by Crippen LogP contribution is -2.24. The Morgan fingerprint density at radius 1 is 0.371 bits per heavy atom. The first-order valence-corrected chi connectivity index (χ1v) is 43.6. The summed E-state index contributed by atoms with van der Waals surface area (Å²) < 4.78 is 127. The number of hydrogen-bond donors (Lipinski definition) is 1.